The quantitative estimate of drug-likeness (QED) is 0.496. The molecule has 6 heteroatoms. The van der Waals surface area contributed by atoms with Crippen LogP contribution in [-0.4, -0.2) is 11.1 Å². The first-order chi connectivity index (χ1) is 11.3. The van der Waals surface area contributed by atoms with Crippen LogP contribution < -0.4 is 5.73 Å². The van der Waals surface area contributed by atoms with E-state index in [-0.39, 0.29) is 0 Å². The van der Waals surface area contributed by atoms with Crippen molar-refractivity contribution in [1.29, 1.82) is 0 Å². The molecule has 0 radical (unpaired) electrons. The highest BCUT2D eigenvalue weighted by Crippen LogP contribution is 2.31. The summed E-state index contributed by atoms with van der Waals surface area (Å²) >= 11 is 0. The zero-order chi connectivity index (χ0) is 17.7. The number of allylic oxidation sites excluding steroid dienone is 2. The van der Waals surface area contributed by atoms with Crippen LogP contribution in [0.2, 0.25) is 0 Å². The Kier molecular flexibility index (Phi) is 5.08. The predicted octanol–water partition coefficient (Wildman–Crippen LogP) is 4.36. The molecule has 0 saturated carbocycles. The topological polar surface area (TPSA) is 63.3 Å². The van der Waals surface area contributed by atoms with E-state index in [1.54, 1.807) is 24.3 Å². The first-order valence-corrected chi connectivity index (χ1v) is 6.92. The minimum absolute atomic E-state index is 0.530. The van der Waals surface area contributed by atoms with Gasteiger partial charge in [-0.3, -0.25) is 0 Å². The number of carboxylic acids is 1. The van der Waals surface area contributed by atoms with Gasteiger partial charge in [-0.2, -0.15) is 13.2 Å². The van der Waals surface area contributed by atoms with Crippen molar-refractivity contribution in [2.24, 2.45) is 0 Å². The number of anilines is 1. The fourth-order valence-corrected chi connectivity index (χ4v) is 2.09. The number of aliphatic carboxylic acids is 1. The highest BCUT2D eigenvalue weighted by Gasteiger charge is 2.30. The molecule has 0 aromatic heterocycles. The lowest BCUT2D eigenvalue weighted by Crippen LogP contribution is -2.04. The van der Waals surface area contributed by atoms with Crippen LogP contribution >= 0.6 is 0 Å². The molecule has 0 unspecified atom stereocenters. The Hall–Kier alpha value is -3.02. The van der Waals surface area contributed by atoms with Crippen molar-refractivity contribution >= 4 is 17.2 Å². The zero-order valence-corrected chi connectivity index (χ0v) is 12.4. The maximum atomic E-state index is 12.7. The molecule has 3 nitrogen and oxygen atoms in total. The van der Waals surface area contributed by atoms with Crippen LogP contribution in [0.3, 0.4) is 0 Å². The van der Waals surface area contributed by atoms with Gasteiger partial charge in [0.05, 0.1) is 5.56 Å². The number of hydrogen-bond acceptors (Lipinski definition) is 2. The monoisotopic (exact) mass is 333 g/mol. The minimum atomic E-state index is -4.41. The van der Waals surface area contributed by atoms with E-state index in [0.29, 0.717) is 22.4 Å². The van der Waals surface area contributed by atoms with Gasteiger partial charge in [0.25, 0.3) is 0 Å². The molecule has 2 aromatic rings. The van der Waals surface area contributed by atoms with E-state index in [1.807, 2.05) is 0 Å². The molecule has 0 aliphatic heterocycles. The van der Waals surface area contributed by atoms with Crippen molar-refractivity contribution in [3.63, 3.8) is 0 Å². The third-order valence-corrected chi connectivity index (χ3v) is 3.25. The molecule has 0 saturated heterocycles. The molecule has 0 heterocycles. The van der Waals surface area contributed by atoms with E-state index < -0.39 is 17.7 Å². The first kappa shape index (κ1) is 17.3. The smallest absolute Gasteiger partial charge is 0.416 e. The second-order valence-corrected chi connectivity index (χ2v) is 4.97. The van der Waals surface area contributed by atoms with Gasteiger partial charge in [-0.25, -0.2) is 4.79 Å². The molecule has 0 aliphatic rings. The van der Waals surface area contributed by atoms with Gasteiger partial charge < -0.3 is 10.8 Å². The molecule has 0 aliphatic carbocycles. The first-order valence-electron chi connectivity index (χ1n) is 6.92. The highest BCUT2D eigenvalue weighted by molar-refractivity contribution is 5.84. The summed E-state index contributed by atoms with van der Waals surface area (Å²) < 4.78 is 38.0. The van der Waals surface area contributed by atoms with Gasteiger partial charge in [0.1, 0.15) is 0 Å². The normalized spacial score (nSPS) is 12.5. The molecule has 0 bridgehead atoms. The summed E-state index contributed by atoms with van der Waals surface area (Å²) in [5.41, 5.74) is 7.26. The maximum Gasteiger partial charge on any atom is 0.416 e. The Balaban J connectivity index is 2.46. The van der Waals surface area contributed by atoms with Gasteiger partial charge in [-0.05, 0) is 41.0 Å². The molecule has 24 heavy (non-hydrogen) atoms. The zero-order valence-electron chi connectivity index (χ0n) is 12.4. The number of carboxylic acid groups (broad SMARTS) is 1. The van der Waals surface area contributed by atoms with Crippen LogP contribution in [0.1, 0.15) is 16.7 Å². The summed E-state index contributed by atoms with van der Waals surface area (Å²) in [6.07, 6.45) is -0.609. The Labute approximate surface area is 136 Å². The number of carbonyl (C=O) groups is 1. The molecule has 3 N–H and O–H groups in total. The third-order valence-electron chi connectivity index (χ3n) is 3.25. The third kappa shape index (κ3) is 4.49. The lowest BCUT2D eigenvalue weighted by Gasteiger charge is -2.11. The van der Waals surface area contributed by atoms with Gasteiger partial charge in [-0.1, -0.05) is 36.4 Å². The largest absolute Gasteiger partial charge is 0.478 e. The van der Waals surface area contributed by atoms with Crippen LogP contribution in [0.5, 0.6) is 0 Å². The molecular weight excluding hydrogens is 319 g/mol. The Morgan fingerprint density at radius 3 is 1.92 bits per heavy atom. The highest BCUT2D eigenvalue weighted by atomic mass is 19.4. The molecular formula is C18H14F3NO2. The van der Waals surface area contributed by atoms with E-state index in [1.165, 1.54) is 24.3 Å². The summed E-state index contributed by atoms with van der Waals surface area (Å²) in [7, 11) is 0. The number of nitrogen functional groups attached to an aromatic ring is 1. The second kappa shape index (κ2) is 7.04. The molecule has 0 atom stereocenters. The molecule has 0 fully saturated rings. The van der Waals surface area contributed by atoms with Crippen LogP contribution in [0.15, 0.2) is 66.8 Å². The lowest BCUT2D eigenvalue weighted by atomic mass is 9.96. The van der Waals surface area contributed by atoms with Crippen molar-refractivity contribution in [2.75, 3.05) is 5.73 Å². The maximum absolute atomic E-state index is 12.7. The molecule has 124 valence electrons. The fraction of sp³-hybridized carbons (Fsp3) is 0.0556. The molecule has 2 aromatic carbocycles. The summed E-state index contributed by atoms with van der Waals surface area (Å²) in [6.45, 7) is 0. The standard InChI is InChI=1S/C18H14F3NO2/c19-18(20,21)14-8-4-12(5-9-14)16(2-1-3-17(23)24)13-6-10-15(22)11-7-13/h1-11H,22H2,(H,23,24)/b3-1+,16-2+. The Bertz CT molecular complexity index is 773. The molecule has 0 spiro atoms. The Morgan fingerprint density at radius 2 is 1.46 bits per heavy atom. The lowest BCUT2D eigenvalue weighted by molar-refractivity contribution is -0.137. The number of hydrogen-bond donors (Lipinski definition) is 2. The number of nitrogens with two attached hydrogens (primary N) is 1. The van der Waals surface area contributed by atoms with Crippen molar-refractivity contribution < 1.29 is 23.1 Å². The van der Waals surface area contributed by atoms with E-state index in [0.717, 1.165) is 18.2 Å². The van der Waals surface area contributed by atoms with E-state index in [2.05, 4.69) is 0 Å². The Morgan fingerprint density at radius 1 is 0.958 bits per heavy atom. The van der Waals surface area contributed by atoms with Gasteiger partial charge in [0.15, 0.2) is 0 Å². The predicted molar refractivity (Wildman–Crippen MR) is 86.2 cm³/mol. The summed E-state index contributed by atoms with van der Waals surface area (Å²) in [4.78, 5) is 10.6. The van der Waals surface area contributed by atoms with E-state index in [4.69, 9.17) is 10.8 Å². The van der Waals surface area contributed by atoms with Crippen molar-refractivity contribution in [1.82, 2.24) is 0 Å². The van der Waals surface area contributed by atoms with Gasteiger partial charge in [0.2, 0.25) is 0 Å². The van der Waals surface area contributed by atoms with Crippen LogP contribution in [0.4, 0.5) is 18.9 Å². The van der Waals surface area contributed by atoms with E-state index >= 15 is 0 Å². The van der Waals surface area contributed by atoms with Gasteiger partial charge in [-0.15, -0.1) is 0 Å². The van der Waals surface area contributed by atoms with Crippen LogP contribution in [0, 0.1) is 0 Å². The molecule has 2 rings (SSSR count). The number of rotatable bonds is 4. The molecule has 0 amide bonds. The SMILES string of the molecule is Nc1ccc(/C(=C/C=C/C(=O)O)c2ccc(C(F)(F)F)cc2)cc1. The second-order valence-electron chi connectivity index (χ2n) is 4.97. The number of alkyl halides is 3. The van der Waals surface area contributed by atoms with Crippen LogP contribution in [-0.2, 0) is 11.0 Å². The van der Waals surface area contributed by atoms with Crippen molar-refractivity contribution in [3.8, 4) is 0 Å². The summed E-state index contributed by atoms with van der Waals surface area (Å²) in [5.74, 6) is -1.12. The average molecular weight is 333 g/mol. The van der Waals surface area contributed by atoms with Crippen molar-refractivity contribution in [2.45, 2.75) is 6.18 Å². The number of halogens is 3. The minimum Gasteiger partial charge on any atom is -0.478 e. The summed E-state index contributed by atoms with van der Waals surface area (Å²) in [6, 6.07) is 11.4. The fourth-order valence-electron chi connectivity index (χ4n) is 2.09. The van der Waals surface area contributed by atoms with Crippen LogP contribution in [0.25, 0.3) is 5.57 Å². The van der Waals surface area contributed by atoms with E-state index in [9.17, 15) is 18.0 Å². The number of benzene rings is 2. The average Bonchev–Trinajstić information content (AvgIpc) is 2.52. The van der Waals surface area contributed by atoms with Gasteiger partial charge in [0, 0.05) is 11.8 Å². The summed E-state index contributed by atoms with van der Waals surface area (Å²) in [5, 5.41) is 8.67. The van der Waals surface area contributed by atoms with Crippen molar-refractivity contribution in [3.05, 3.63) is 83.4 Å². The van der Waals surface area contributed by atoms with Gasteiger partial charge >= 0.3 is 12.1 Å².